The number of likely N-dealkylation sites (N-methyl/N-ethyl adjacent to an activating group) is 1. The van der Waals surface area contributed by atoms with Gasteiger partial charge in [-0.05, 0) is 24.1 Å². The number of carbonyl (C=O) groups is 1. The zero-order valence-corrected chi connectivity index (χ0v) is 15.1. The largest absolute Gasteiger partial charge is 0.375 e. The van der Waals surface area contributed by atoms with Gasteiger partial charge in [0.2, 0.25) is 5.91 Å². The smallest absolute Gasteiger partial charge is 0.246 e. The van der Waals surface area contributed by atoms with Gasteiger partial charge in [0.25, 0.3) is 0 Å². The Morgan fingerprint density at radius 2 is 1.54 bits per heavy atom. The lowest BCUT2D eigenvalue weighted by Crippen LogP contribution is -2.51. The molecule has 136 valence electrons. The Morgan fingerprint density at radius 1 is 0.923 bits per heavy atom. The van der Waals surface area contributed by atoms with Gasteiger partial charge in [-0.15, -0.1) is 0 Å². The third-order valence-electron chi connectivity index (χ3n) is 4.52. The molecule has 1 aliphatic rings. The van der Waals surface area contributed by atoms with E-state index in [-0.39, 0.29) is 18.1 Å². The van der Waals surface area contributed by atoms with E-state index in [2.05, 4.69) is 0 Å². The topological polar surface area (TPSA) is 38.8 Å². The second-order valence-corrected chi connectivity index (χ2v) is 6.31. The van der Waals surface area contributed by atoms with E-state index in [1.54, 1.807) is 6.08 Å². The first-order valence-corrected chi connectivity index (χ1v) is 9.04. The third-order valence-corrected chi connectivity index (χ3v) is 4.52. The van der Waals surface area contributed by atoms with Crippen molar-refractivity contribution in [3.05, 3.63) is 83.9 Å². The highest BCUT2D eigenvalue weighted by atomic mass is 16.5. The lowest BCUT2D eigenvalue weighted by molar-refractivity contribution is -0.135. The summed E-state index contributed by atoms with van der Waals surface area (Å²) in [7, 11) is 0. The SMILES string of the molecule is CCN1C(=O)C=C[C@H](OCc2ccccc2)[C@H]1COCc1ccccc1. The first kappa shape index (κ1) is 18.4. The molecule has 2 atom stereocenters. The highest BCUT2D eigenvalue weighted by Gasteiger charge is 2.32. The standard InChI is InChI=1S/C22H25NO3/c1-2-23-20(17-25-15-18-9-5-3-6-10-18)21(13-14-22(23)24)26-16-19-11-7-4-8-12-19/h3-14,20-21H,2,15-17H2,1H3/t20-,21+/m1/s1. The predicted molar refractivity (Wildman–Crippen MR) is 101 cm³/mol. The number of amides is 1. The monoisotopic (exact) mass is 351 g/mol. The quantitative estimate of drug-likeness (QED) is 0.730. The normalized spacial score (nSPS) is 19.7. The number of nitrogens with zero attached hydrogens (tertiary/aromatic N) is 1. The van der Waals surface area contributed by atoms with Crippen LogP contribution in [-0.4, -0.2) is 36.1 Å². The molecule has 3 rings (SSSR count). The van der Waals surface area contributed by atoms with Gasteiger partial charge in [-0.2, -0.15) is 0 Å². The van der Waals surface area contributed by atoms with Gasteiger partial charge >= 0.3 is 0 Å². The summed E-state index contributed by atoms with van der Waals surface area (Å²) in [5.41, 5.74) is 2.24. The van der Waals surface area contributed by atoms with E-state index >= 15 is 0 Å². The van der Waals surface area contributed by atoms with Crippen LogP contribution in [0.2, 0.25) is 0 Å². The van der Waals surface area contributed by atoms with Gasteiger partial charge in [-0.25, -0.2) is 0 Å². The Kier molecular flexibility index (Phi) is 6.58. The van der Waals surface area contributed by atoms with E-state index in [0.717, 1.165) is 11.1 Å². The Bertz CT molecular complexity index is 715. The molecule has 1 aliphatic heterocycles. The molecule has 0 saturated carbocycles. The van der Waals surface area contributed by atoms with Gasteiger partial charge < -0.3 is 14.4 Å². The molecule has 2 aromatic carbocycles. The summed E-state index contributed by atoms with van der Waals surface area (Å²) in [6.07, 6.45) is 3.28. The fraction of sp³-hybridized carbons (Fsp3) is 0.318. The number of hydrogen-bond acceptors (Lipinski definition) is 3. The molecule has 0 saturated heterocycles. The van der Waals surface area contributed by atoms with E-state index < -0.39 is 0 Å². The van der Waals surface area contributed by atoms with Crippen LogP contribution < -0.4 is 0 Å². The highest BCUT2D eigenvalue weighted by Crippen LogP contribution is 2.19. The van der Waals surface area contributed by atoms with E-state index in [0.29, 0.717) is 26.4 Å². The Hall–Kier alpha value is -2.43. The summed E-state index contributed by atoms with van der Waals surface area (Å²) in [5, 5.41) is 0. The predicted octanol–water partition coefficient (Wildman–Crippen LogP) is 3.58. The van der Waals surface area contributed by atoms with E-state index in [4.69, 9.17) is 9.47 Å². The van der Waals surface area contributed by atoms with Gasteiger partial charge in [-0.1, -0.05) is 60.7 Å². The van der Waals surface area contributed by atoms with Gasteiger partial charge in [0.15, 0.2) is 0 Å². The molecule has 0 aromatic heterocycles. The van der Waals surface area contributed by atoms with Crippen LogP contribution in [-0.2, 0) is 27.5 Å². The number of benzene rings is 2. The Labute approximate surface area is 155 Å². The maximum absolute atomic E-state index is 12.2. The summed E-state index contributed by atoms with van der Waals surface area (Å²) >= 11 is 0. The molecular weight excluding hydrogens is 326 g/mol. The average molecular weight is 351 g/mol. The average Bonchev–Trinajstić information content (AvgIpc) is 2.69. The van der Waals surface area contributed by atoms with Gasteiger partial charge in [0.05, 0.1) is 32.0 Å². The molecule has 0 fully saturated rings. The first-order valence-electron chi connectivity index (χ1n) is 9.04. The minimum atomic E-state index is -0.177. The number of hydrogen-bond donors (Lipinski definition) is 0. The second kappa shape index (κ2) is 9.32. The maximum Gasteiger partial charge on any atom is 0.246 e. The van der Waals surface area contributed by atoms with Gasteiger partial charge in [0, 0.05) is 12.6 Å². The van der Waals surface area contributed by atoms with Crippen LogP contribution in [0.1, 0.15) is 18.1 Å². The minimum Gasteiger partial charge on any atom is -0.375 e. The van der Waals surface area contributed by atoms with E-state index in [1.165, 1.54) is 0 Å². The van der Waals surface area contributed by atoms with Crippen LogP contribution in [0.3, 0.4) is 0 Å². The van der Waals surface area contributed by atoms with Crippen LogP contribution in [0.15, 0.2) is 72.8 Å². The van der Waals surface area contributed by atoms with Crippen molar-refractivity contribution in [2.45, 2.75) is 32.3 Å². The van der Waals surface area contributed by atoms with Crippen LogP contribution >= 0.6 is 0 Å². The summed E-state index contributed by atoms with van der Waals surface area (Å²) < 4.78 is 12.0. The molecule has 26 heavy (non-hydrogen) atoms. The lowest BCUT2D eigenvalue weighted by atomic mass is 10.0. The molecule has 0 unspecified atom stereocenters. The van der Waals surface area contributed by atoms with Crippen molar-refractivity contribution in [2.75, 3.05) is 13.2 Å². The summed E-state index contributed by atoms with van der Waals surface area (Å²) in [6.45, 7) is 4.09. The van der Waals surface area contributed by atoms with E-state index in [9.17, 15) is 4.79 Å². The summed E-state index contributed by atoms with van der Waals surface area (Å²) in [6, 6.07) is 20.0. The molecule has 4 heteroatoms. The fourth-order valence-electron chi connectivity index (χ4n) is 3.12. The number of ether oxygens (including phenoxy) is 2. The second-order valence-electron chi connectivity index (χ2n) is 6.31. The Balaban J connectivity index is 1.62. The van der Waals surface area contributed by atoms with Crippen molar-refractivity contribution in [1.82, 2.24) is 4.90 Å². The molecule has 4 nitrogen and oxygen atoms in total. The van der Waals surface area contributed by atoms with Crippen molar-refractivity contribution in [1.29, 1.82) is 0 Å². The maximum atomic E-state index is 12.2. The molecule has 1 amide bonds. The van der Waals surface area contributed by atoms with Crippen molar-refractivity contribution in [2.24, 2.45) is 0 Å². The first-order chi connectivity index (χ1) is 12.8. The van der Waals surface area contributed by atoms with Crippen molar-refractivity contribution < 1.29 is 14.3 Å². The summed E-state index contributed by atoms with van der Waals surface area (Å²) in [5.74, 6) is 0.0142. The van der Waals surface area contributed by atoms with Crippen LogP contribution in [0.5, 0.6) is 0 Å². The molecule has 0 N–H and O–H groups in total. The van der Waals surface area contributed by atoms with Crippen LogP contribution in [0, 0.1) is 0 Å². The van der Waals surface area contributed by atoms with E-state index in [1.807, 2.05) is 78.6 Å². The molecule has 0 spiro atoms. The number of carbonyl (C=O) groups excluding carboxylic acids is 1. The highest BCUT2D eigenvalue weighted by molar-refractivity contribution is 5.89. The van der Waals surface area contributed by atoms with Crippen LogP contribution in [0.25, 0.3) is 0 Å². The zero-order chi connectivity index (χ0) is 18.2. The Morgan fingerprint density at radius 3 is 2.15 bits per heavy atom. The zero-order valence-electron chi connectivity index (χ0n) is 15.1. The third kappa shape index (κ3) is 4.81. The van der Waals surface area contributed by atoms with Gasteiger partial charge in [0.1, 0.15) is 0 Å². The number of rotatable bonds is 8. The van der Waals surface area contributed by atoms with Crippen molar-refractivity contribution in [3.63, 3.8) is 0 Å². The van der Waals surface area contributed by atoms with Gasteiger partial charge in [-0.3, -0.25) is 4.79 Å². The molecule has 0 aliphatic carbocycles. The lowest BCUT2D eigenvalue weighted by Gasteiger charge is -2.37. The fourth-order valence-corrected chi connectivity index (χ4v) is 3.12. The summed E-state index contributed by atoms with van der Waals surface area (Å²) in [4.78, 5) is 14.0. The van der Waals surface area contributed by atoms with Crippen LogP contribution in [0.4, 0.5) is 0 Å². The molecule has 1 heterocycles. The molecule has 2 aromatic rings. The molecule has 0 bridgehead atoms. The molecule has 0 radical (unpaired) electrons. The van der Waals surface area contributed by atoms with Crippen molar-refractivity contribution in [3.8, 4) is 0 Å². The van der Waals surface area contributed by atoms with Crippen molar-refractivity contribution >= 4 is 5.91 Å². The molecular formula is C22H25NO3. The minimum absolute atomic E-state index is 0.0142.